The van der Waals surface area contributed by atoms with Gasteiger partial charge in [-0.3, -0.25) is 5.32 Å². The molecule has 0 bridgehead atoms. The molecule has 1 rings (SSSR count). The fourth-order valence-corrected chi connectivity index (χ4v) is 3.72. The van der Waals surface area contributed by atoms with E-state index in [1.54, 1.807) is 0 Å². The molecule has 0 aromatic carbocycles. The van der Waals surface area contributed by atoms with Crippen molar-refractivity contribution < 1.29 is 0 Å². The second kappa shape index (κ2) is 16.9. The van der Waals surface area contributed by atoms with Crippen molar-refractivity contribution in [1.82, 2.24) is 10.2 Å². The van der Waals surface area contributed by atoms with E-state index in [1.165, 1.54) is 95.6 Å². The van der Waals surface area contributed by atoms with Gasteiger partial charge in [0, 0.05) is 18.8 Å². The van der Waals surface area contributed by atoms with Gasteiger partial charge in [0.2, 0.25) is 0 Å². The monoisotopic (exact) mass is 351 g/mol. The molecule has 0 unspecified atom stereocenters. The molecule has 1 aliphatic heterocycles. The lowest BCUT2D eigenvalue weighted by Gasteiger charge is -2.20. The summed E-state index contributed by atoms with van der Waals surface area (Å²) in [4.78, 5) is 2.45. The molecule has 0 aromatic rings. The van der Waals surface area contributed by atoms with Crippen LogP contribution in [0.2, 0.25) is 0 Å². The summed E-state index contributed by atoms with van der Waals surface area (Å²) in [7, 11) is 0. The fourth-order valence-electron chi connectivity index (χ4n) is 3.72. The van der Waals surface area contributed by atoms with Crippen LogP contribution >= 0.6 is 0 Å². The van der Waals surface area contributed by atoms with Gasteiger partial charge in [-0.2, -0.15) is 0 Å². The summed E-state index contributed by atoms with van der Waals surface area (Å²) in [5.41, 5.74) is 7.22. The van der Waals surface area contributed by atoms with Crippen LogP contribution in [0.25, 0.3) is 0 Å². The van der Waals surface area contributed by atoms with Crippen LogP contribution in [-0.2, 0) is 0 Å². The van der Waals surface area contributed by atoms with E-state index in [0.29, 0.717) is 0 Å². The maximum Gasteiger partial charge on any atom is 0.0680 e. The highest BCUT2D eigenvalue weighted by Crippen LogP contribution is 2.15. The first-order valence-electron chi connectivity index (χ1n) is 11.2. The lowest BCUT2D eigenvalue weighted by Crippen LogP contribution is -2.23. The van der Waals surface area contributed by atoms with E-state index < -0.39 is 0 Å². The molecule has 3 heteroatoms. The topological polar surface area (TPSA) is 41.3 Å². The molecule has 25 heavy (non-hydrogen) atoms. The average Bonchev–Trinajstić information content (AvgIpc) is 3.15. The van der Waals surface area contributed by atoms with Crippen molar-refractivity contribution in [2.75, 3.05) is 26.3 Å². The smallest absolute Gasteiger partial charge is 0.0680 e. The highest BCUT2D eigenvalue weighted by molar-refractivity contribution is 5.03. The van der Waals surface area contributed by atoms with Gasteiger partial charge in [-0.25, -0.2) is 0 Å². The van der Waals surface area contributed by atoms with E-state index >= 15 is 0 Å². The Morgan fingerprint density at radius 1 is 0.880 bits per heavy atom. The van der Waals surface area contributed by atoms with E-state index in [0.717, 1.165) is 32.7 Å². The minimum atomic E-state index is 0.765. The number of nitrogens with two attached hydrogens (primary N) is 1. The second-order valence-corrected chi connectivity index (χ2v) is 7.69. The number of nitrogens with one attached hydrogen (secondary N) is 1. The Bertz CT molecular complexity index is 308. The molecule has 1 heterocycles. The molecular formula is C22H45N3. The number of unbranched alkanes of at least 4 members (excludes halogenated alkanes) is 13. The van der Waals surface area contributed by atoms with Crippen molar-refractivity contribution in [2.24, 2.45) is 5.73 Å². The van der Waals surface area contributed by atoms with Crippen LogP contribution in [0, 0.1) is 0 Å². The predicted molar refractivity (Wildman–Crippen MR) is 112 cm³/mol. The third kappa shape index (κ3) is 12.4. The summed E-state index contributed by atoms with van der Waals surface area (Å²) in [6.07, 6.45) is 23.3. The van der Waals surface area contributed by atoms with E-state index in [2.05, 4.69) is 23.2 Å². The third-order valence-corrected chi connectivity index (χ3v) is 5.36. The Kier molecular flexibility index (Phi) is 15.2. The normalized spacial score (nSPS) is 15.3. The van der Waals surface area contributed by atoms with Crippen LogP contribution in [0.1, 0.15) is 103 Å². The molecule has 1 saturated heterocycles. The highest BCUT2D eigenvalue weighted by atomic mass is 15.3. The number of hydrogen-bond donors (Lipinski definition) is 2. The first-order chi connectivity index (χ1) is 12.4. The summed E-state index contributed by atoms with van der Waals surface area (Å²) in [5.74, 6) is 0. The average molecular weight is 352 g/mol. The Morgan fingerprint density at radius 2 is 1.44 bits per heavy atom. The van der Waals surface area contributed by atoms with Crippen LogP contribution in [0.3, 0.4) is 0 Å². The predicted octanol–water partition coefficient (Wildman–Crippen LogP) is 5.56. The van der Waals surface area contributed by atoms with Crippen molar-refractivity contribution in [1.29, 1.82) is 0 Å². The Balaban J connectivity index is 1.88. The molecule has 0 atom stereocenters. The minimum absolute atomic E-state index is 0.765. The summed E-state index contributed by atoms with van der Waals surface area (Å²) < 4.78 is 0. The Morgan fingerprint density at radius 3 is 1.92 bits per heavy atom. The maximum atomic E-state index is 5.76. The SMILES string of the molecule is CCCCCCCCCCCCCCC/C=C(\CCN)N1CCNC1. The minimum Gasteiger partial charge on any atom is -0.361 e. The zero-order valence-electron chi connectivity index (χ0n) is 17.0. The van der Waals surface area contributed by atoms with E-state index in [9.17, 15) is 0 Å². The maximum absolute atomic E-state index is 5.76. The van der Waals surface area contributed by atoms with Gasteiger partial charge in [-0.15, -0.1) is 0 Å². The van der Waals surface area contributed by atoms with Crippen LogP contribution in [-0.4, -0.2) is 31.2 Å². The molecule has 148 valence electrons. The second-order valence-electron chi connectivity index (χ2n) is 7.69. The fraction of sp³-hybridized carbons (Fsp3) is 0.909. The Hall–Kier alpha value is -0.540. The van der Waals surface area contributed by atoms with Crippen molar-refractivity contribution >= 4 is 0 Å². The van der Waals surface area contributed by atoms with Crippen LogP contribution in [0.15, 0.2) is 11.8 Å². The third-order valence-electron chi connectivity index (χ3n) is 5.36. The summed E-state index contributed by atoms with van der Waals surface area (Å²) in [6, 6.07) is 0. The van der Waals surface area contributed by atoms with Gasteiger partial charge in [0.1, 0.15) is 0 Å². The standard InChI is InChI=1S/C22H45N3/c1-2-3-4-5-6-7-8-9-10-11-12-13-14-15-16-22(17-18-23)25-20-19-24-21-25/h16,24H,2-15,17-21,23H2,1H3/b22-16+. The largest absolute Gasteiger partial charge is 0.361 e. The molecule has 0 aliphatic carbocycles. The number of allylic oxidation sites excluding steroid dienone is 1. The van der Waals surface area contributed by atoms with E-state index in [1.807, 2.05) is 0 Å². The first kappa shape index (κ1) is 22.5. The molecule has 3 N–H and O–H groups in total. The van der Waals surface area contributed by atoms with E-state index in [4.69, 9.17) is 5.73 Å². The molecule has 3 nitrogen and oxygen atoms in total. The molecule has 0 spiro atoms. The number of hydrogen-bond acceptors (Lipinski definition) is 3. The molecule has 0 aromatic heterocycles. The number of rotatable bonds is 17. The number of nitrogens with zero attached hydrogens (tertiary/aromatic N) is 1. The molecule has 1 aliphatic rings. The molecule has 0 saturated carbocycles. The molecular weight excluding hydrogens is 306 g/mol. The van der Waals surface area contributed by atoms with Crippen molar-refractivity contribution in [3.8, 4) is 0 Å². The highest BCUT2D eigenvalue weighted by Gasteiger charge is 2.12. The lowest BCUT2D eigenvalue weighted by atomic mass is 10.0. The lowest BCUT2D eigenvalue weighted by molar-refractivity contribution is 0.402. The summed E-state index contributed by atoms with van der Waals surface area (Å²) in [6.45, 7) is 6.32. The van der Waals surface area contributed by atoms with Gasteiger partial charge in [0.05, 0.1) is 6.67 Å². The molecule has 0 radical (unpaired) electrons. The van der Waals surface area contributed by atoms with Crippen LogP contribution < -0.4 is 11.1 Å². The van der Waals surface area contributed by atoms with Crippen molar-refractivity contribution in [3.05, 3.63) is 11.8 Å². The van der Waals surface area contributed by atoms with Gasteiger partial charge in [-0.1, -0.05) is 90.0 Å². The Labute approximate surface area is 157 Å². The zero-order chi connectivity index (χ0) is 18.0. The van der Waals surface area contributed by atoms with Crippen molar-refractivity contribution in [2.45, 2.75) is 103 Å². The zero-order valence-corrected chi connectivity index (χ0v) is 17.0. The van der Waals surface area contributed by atoms with Gasteiger partial charge < -0.3 is 10.6 Å². The van der Waals surface area contributed by atoms with E-state index in [-0.39, 0.29) is 0 Å². The quantitative estimate of drug-likeness (QED) is 0.337. The summed E-state index contributed by atoms with van der Waals surface area (Å²) >= 11 is 0. The van der Waals surface area contributed by atoms with Gasteiger partial charge in [0.25, 0.3) is 0 Å². The molecule has 0 amide bonds. The van der Waals surface area contributed by atoms with Gasteiger partial charge in [0.15, 0.2) is 0 Å². The van der Waals surface area contributed by atoms with Crippen LogP contribution in [0.5, 0.6) is 0 Å². The molecule has 1 fully saturated rings. The summed E-state index contributed by atoms with van der Waals surface area (Å²) in [5, 5.41) is 3.41. The van der Waals surface area contributed by atoms with Gasteiger partial charge in [-0.05, 0) is 25.8 Å². The van der Waals surface area contributed by atoms with Gasteiger partial charge >= 0.3 is 0 Å². The van der Waals surface area contributed by atoms with Crippen molar-refractivity contribution in [3.63, 3.8) is 0 Å². The van der Waals surface area contributed by atoms with Crippen LogP contribution in [0.4, 0.5) is 0 Å². The first-order valence-corrected chi connectivity index (χ1v) is 11.2.